The Morgan fingerprint density at radius 2 is 1.72 bits per heavy atom. The second-order valence-electron chi connectivity index (χ2n) is 3.69. The zero-order chi connectivity index (χ0) is 13.1. The second kappa shape index (κ2) is 5.29. The average molecular weight is 280 g/mol. The van der Waals surface area contributed by atoms with Crippen LogP contribution in [0.4, 0.5) is 5.69 Å². The molecule has 0 aliphatic heterocycles. The van der Waals surface area contributed by atoms with Gasteiger partial charge in [0.05, 0.1) is 15.7 Å². The van der Waals surface area contributed by atoms with Crippen molar-refractivity contribution < 1.29 is 0 Å². The molecular formula is C13H11Cl2N3. The van der Waals surface area contributed by atoms with Gasteiger partial charge in [-0.3, -0.25) is 0 Å². The number of rotatable bonds is 2. The van der Waals surface area contributed by atoms with Crippen molar-refractivity contribution in [2.75, 3.05) is 0 Å². The van der Waals surface area contributed by atoms with Crippen LogP contribution in [-0.2, 0) is 0 Å². The van der Waals surface area contributed by atoms with Gasteiger partial charge in [0.2, 0.25) is 0 Å². The lowest BCUT2D eigenvalue weighted by Gasteiger charge is -2.06. The van der Waals surface area contributed by atoms with E-state index in [4.69, 9.17) is 34.7 Å². The maximum absolute atomic E-state index is 6.17. The first-order valence-electron chi connectivity index (χ1n) is 5.22. The smallest absolute Gasteiger partial charge is 0.191 e. The van der Waals surface area contributed by atoms with E-state index in [0.717, 1.165) is 11.1 Å². The van der Waals surface area contributed by atoms with Crippen molar-refractivity contribution in [3.63, 3.8) is 0 Å². The van der Waals surface area contributed by atoms with Crippen molar-refractivity contribution in [1.82, 2.24) is 0 Å². The van der Waals surface area contributed by atoms with Gasteiger partial charge in [0, 0.05) is 5.56 Å². The van der Waals surface area contributed by atoms with Gasteiger partial charge in [-0.1, -0.05) is 47.5 Å². The van der Waals surface area contributed by atoms with E-state index in [1.54, 1.807) is 6.07 Å². The zero-order valence-electron chi connectivity index (χ0n) is 9.40. The zero-order valence-corrected chi connectivity index (χ0v) is 10.9. The van der Waals surface area contributed by atoms with E-state index >= 15 is 0 Å². The molecule has 3 nitrogen and oxygen atoms in total. The third kappa shape index (κ3) is 2.75. The number of nitrogens with zero attached hydrogens (tertiary/aromatic N) is 1. The van der Waals surface area contributed by atoms with Gasteiger partial charge in [-0.15, -0.1) is 0 Å². The highest BCUT2D eigenvalue weighted by atomic mass is 35.5. The second-order valence-corrected chi connectivity index (χ2v) is 4.47. The van der Waals surface area contributed by atoms with Crippen molar-refractivity contribution in [2.24, 2.45) is 16.5 Å². The lowest BCUT2D eigenvalue weighted by Crippen LogP contribution is -2.21. The molecule has 4 N–H and O–H groups in total. The number of nitrogens with two attached hydrogens (primary N) is 2. The molecule has 0 aromatic heterocycles. The van der Waals surface area contributed by atoms with Crippen molar-refractivity contribution in [3.8, 4) is 11.1 Å². The van der Waals surface area contributed by atoms with Gasteiger partial charge in [0.1, 0.15) is 0 Å². The average Bonchev–Trinajstić information content (AvgIpc) is 2.32. The van der Waals surface area contributed by atoms with E-state index in [1.165, 1.54) is 0 Å². The summed E-state index contributed by atoms with van der Waals surface area (Å²) in [6.07, 6.45) is 0. The number of hydrogen-bond donors (Lipinski definition) is 2. The van der Waals surface area contributed by atoms with Gasteiger partial charge in [0.15, 0.2) is 5.96 Å². The van der Waals surface area contributed by atoms with E-state index in [2.05, 4.69) is 4.99 Å². The summed E-state index contributed by atoms with van der Waals surface area (Å²) in [5.74, 6) is 0.0179. The highest BCUT2D eigenvalue weighted by Crippen LogP contribution is 2.34. The standard InChI is InChI=1S/C13H11Cl2N3/c14-11-6-2-5-10(12(11)15)8-3-1-4-9(7-8)18-13(16)17/h1-7H,(H4,16,17,18). The van der Waals surface area contributed by atoms with Crippen LogP contribution in [0.3, 0.4) is 0 Å². The molecule has 18 heavy (non-hydrogen) atoms. The minimum Gasteiger partial charge on any atom is -0.370 e. The maximum atomic E-state index is 6.17. The Balaban J connectivity index is 2.51. The Bertz CT molecular complexity index is 605. The Labute approximate surface area is 115 Å². The van der Waals surface area contributed by atoms with E-state index in [1.807, 2.05) is 36.4 Å². The Hall–Kier alpha value is -1.71. The fourth-order valence-corrected chi connectivity index (χ4v) is 2.03. The predicted octanol–water partition coefficient (Wildman–Crippen LogP) is 3.57. The van der Waals surface area contributed by atoms with Crippen LogP contribution >= 0.6 is 23.2 Å². The lowest BCUT2D eigenvalue weighted by molar-refractivity contribution is 1.42. The van der Waals surface area contributed by atoms with Crippen LogP contribution in [0.5, 0.6) is 0 Å². The molecule has 0 bridgehead atoms. The molecule has 0 amide bonds. The van der Waals surface area contributed by atoms with Gasteiger partial charge in [0.25, 0.3) is 0 Å². The van der Waals surface area contributed by atoms with Crippen LogP contribution in [0.1, 0.15) is 0 Å². The van der Waals surface area contributed by atoms with Crippen LogP contribution < -0.4 is 11.5 Å². The van der Waals surface area contributed by atoms with Crippen LogP contribution in [0.25, 0.3) is 11.1 Å². The van der Waals surface area contributed by atoms with Crippen molar-refractivity contribution in [2.45, 2.75) is 0 Å². The predicted molar refractivity (Wildman–Crippen MR) is 77.4 cm³/mol. The summed E-state index contributed by atoms with van der Waals surface area (Å²) >= 11 is 12.2. The molecule has 2 rings (SSSR count). The molecule has 0 radical (unpaired) electrons. The Morgan fingerprint density at radius 1 is 1.00 bits per heavy atom. The summed E-state index contributed by atoms with van der Waals surface area (Å²) in [6.45, 7) is 0. The number of halogens is 2. The molecular weight excluding hydrogens is 269 g/mol. The number of guanidine groups is 1. The fraction of sp³-hybridized carbons (Fsp3) is 0. The van der Waals surface area contributed by atoms with Crippen molar-refractivity contribution in [3.05, 3.63) is 52.5 Å². The highest BCUT2D eigenvalue weighted by Gasteiger charge is 2.06. The van der Waals surface area contributed by atoms with Gasteiger partial charge in [-0.2, -0.15) is 0 Å². The molecule has 0 saturated carbocycles. The normalized spacial score (nSPS) is 10.1. The summed E-state index contributed by atoms with van der Waals surface area (Å²) in [4.78, 5) is 3.99. The molecule has 0 saturated heterocycles. The number of hydrogen-bond acceptors (Lipinski definition) is 1. The molecule has 0 aliphatic rings. The minimum atomic E-state index is 0.0179. The Kier molecular flexibility index (Phi) is 3.75. The van der Waals surface area contributed by atoms with E-state index in [0.29, 0.717) is 15.7 Å². The summed E-state index contributed by atoms with van der Waals surface area (Å²) in [5, 5.41) is 1.03. The largest absolute Gasteiger partial charge is 0.370 e. The molecule has 0 spiro atoms. The molecule has 0 atom stereocenters. The van der Waals surface area contributed by atoms with Gasteiger partial charge >= 0.3 is 0 Å². The first-order valence-corrected chi connectivity index (χ1v) is 5.97. The Morgan fingerprint density at radius 3 is 2.44 bits per heavy atom. The summed E-state index contributed by atoms with van der Waals surface area (Å²) in [7, 11) is 0. The molecule has 5 heteroatoms. The van der Waals surface area contributed by atoms with Crippen LogP contribution in [-0.4, -0.2) is 5.96 Å². The van der Waals surface area contributed by atoms with Crippen molar-refractivity contribution in [1.29, 1.82) is 0 Å². The lowest BCUT2D eigenvalue weighted by atomic mass is 10.1. The van der Waals surface area contributed by atoms with Crippen LogP contribution in [0.2, 0.25) is 10.0 Å². The minimum absolute atomic E-state index is 0.0179. The monoisotopic (exact) mass is 279 g/mol. The highest BCUT2D eigenvalue weighted by molar-refractivity contribution is 6.43. The SMILES string of the molecule is NC(N)=Nc1cccc(-c2cccc(Cl)c2Cl)c1. The third-order valence-electron chi connectivity index (χ3n) is 2.37. The molecule has 2 aromatic rings. The van der Waals surface area contributed by atoms with Crippen LogP contribution in [0, 0.1) is 0 Å². The van der Waals surface area contributed by atoms with Gasteiger partial charge < -0.3 is 11.5 Å². The summed E-state index contributed by atoms with van der Waals surface area (Å²) in [5.41, 5.74) is 13.1. The molecule has 92 valence electrons. The number of aliphatic imine (C=N–C) groups is 1. The number of benzene rings is 2. The fourth-order valence-electron chi connectivity index (χ4n) is 1.62. The first kappa shape index (κ1) is 12.7. The topological polar surface area (TPSA) is 64.4 Å². The molecule has 0 aliphatic carbocycles. The van der Waals surface area contributed by atoms with E-state index in [-0.39, 0.29) is 5.96 Å². The maximum Gasteiger partial charge on any atom is 0.191 e. The first-order chi connectivity index (χ1) is 8.58. The van der Waals surface area contributed by atoms with Crippen LogP contribution in [0.15, 0.2) is 47.5 Å². The van der Waals surface area contributed by atoms with E-state index < -0.39 is 0 Å². The molecule has 0 heterocycles. The van der Waals surface area contributed by atoms with Gasteiger partial charge in [-0.25, -0.2) is 4.99 Å². The van der Waals surface area contributed by atoms with E-state index in [9.17, 15) is 0 Å². The quantitative estimate of drug-likeness (QED) is 0.652. The molecule has 0 unspecified atom stereocenters. The van der Waals surface area contributed by atoms with Gasteiger partial charge in [-0.05, 0) is 23.8 Å². The van der Waals surface area contributed by atoms with Crippen molar-refractivity contribution >= 4 is 34.8 Å². The molecule has 2 aromatic carbocycles. The molecule has 0 fully saturated rings. The third-order valence-corrected chi connectivity index (χ3v) is 3.19. The summed E-state index contributed by atoms with van der Waals surface area (Å²) < 4.78 is 0. The summed E-state index contributed by atoms with van der Waals surface area (Å²) in [6, 6.07) is 12.9.